The van der Waals surface area contributed by atoms with E-state index in [2.05, 4.69) is 63.5 Å². The minimum absolute atomic E-state index is 0.0311. The minimum atomic E-state index is -1.51. The Balaban J connectivity index is 1.79. The van der Waals surface area contributed by atoms with E-state index >= 15 is 0 Å². The molecule has 27 heteroatoms. The van der Waals surface area contributed by atoms with E-state index in [1.54, 1.807) is 42.6 Å². The molecule has 0 spiro atoms. The van der Waals surface area contributed by atoms with Crippen molar-refractivity contribution in [2.75, 3.05) is 26.2 Å². The Hall–Kier alpha value is -8.78. The molecule has 7 atom stereocenters. The first-order chi connectivity index (χ1) is 37.2. The zero-order chi connectivity index (χ0) is 57.1. The van der Waals surface area contributed by atoms with E-state index in [0.29, 0.717) is 11.1 Å². The summed E-state index contributed by atoms with van der Waals surface area (Å²) in [6.45, 7) is 2.82. The fourth-order valence-electron chi connectivity index (χ4n) is 8.56. The topological polar surface area (TPSA) is 445 Å². The van der Waals surface area contributed by atoms with Gasteiger partial charge in [-0.05, 0) is 75.0 Å². The first-order valence-electron chi connectivity index (χ1n) is 25.8. The van der Waals surface area contributed by atoms with Crippen LogP contribution in [-0.2, 0) is 60.8 Å². The second-order valence-electron chi connectivity index (χ2n) is 18.9. The van der Waals surface area contributed by atoms with Crippen LogP contribution >= 0.6 is 0 Å². The van der Waals surface area contributed by atoms with E-state index in [-0.39, 0.29) is 121 Å². The Morgan fingerprint density at radius 2 is 1.19 bits per heavy atom. The number of aromatic nitrogens is 1. The molecular formula is C51H75N17O10. The van der Waals surface area contributed by atoms with E-state index in [0.717, 1.165) is 10.9 Å². The van der Waals surface area contributed by atoms with E-state index in [4.69, 9.17) is 28.0 Å². The summed E-state index contributed by atoms with van der Waals surface area (Å²) >= 11 is 0. The lowest BCUT2D eigenvalue weighted by Gasteiger charge is -2.28. The Kier molecular flexibility index (Phi) is 25.3. The van der Waals surface area contributed by atoms with Crippen LogP contribution in [-0.4, -0.2) is 144 Å². The molecule has 1 aliphatic rings. The number of para-hydroxylation sites is 1. The molecule has 2 aromatic carbocycles. The van der Waals surface area contributed by atoms with Gasteiger partial charge in [-0.25, -0.2) is 0 Å². The molecule has 78 heavy (non-hydrogen) atoms. The second-order valence-corrected chi connectivity index (χ2v) is 18.9. The number of carbonyl (C=O) groups excluding carboxylic acids is 10. The predicted octanol–water partition coefficient (Wildman–Crippen LogP) is -3.02. The summed E-state index contributed by atoms with van der Waals surface area (Å²) in [6, 6.07) is 6.27. The van der Waals surface area contributed by atoms with Crippen molar-refractivity contribution < 1.29 is 47.9 Å². The number of guanidine groups is 2. The number of benzene rings is 2. The molecule has 0 radical (unpaired) electrons. The number of nitrogens with two attached hydrogens (primary N) is 3. The summed E-state index contributed by atoms with van der Waals surface area (Å²) in [5, 5.41) is 45.1. The lowest BCUT2D eigenvalue weighted by molar-refractivity contribution is -0.136. The molecule has 3 aromatic rings. The van der Waals surface area contributed by atoms with E-state index in [1.165, 1.54) is 13.8 Å². The van der Waals surface area contributed by atoms with Crippen LogP contribution in [0.25, 0.3) is 10.9 Å². The third-order valence-electron chi connectivity index (χ3n) is 12.6. The van der Waals surface area contributed by atoms with Crippen molar-refractivity contribution in [3.63, 3.8) is 0 Å². The number of carbonyl (C=O) groups is 10. The van der Waals surface area contributed by atoms with E-state index < -0.39 is 95.5 Å². The van der Waals surface area contributed by atoms with Crippen LogP contribution in [0.3, 0.4) is 0 Å². The third kappa shape index (κ3) is 21.8. The SMILES string of the molecule is CC(=O)NCCC[C@@H]1NC(=O)[C@@H](NC(=O)[C@H](CCCNC(=N)N)NC(C)=O)CCC(=O)NCCC[C@@H](C(N)=O)NC(=O)[C@H](Cc2c[nH]c3ccccc23)NC(=O)[C@H](CCCNC(=N)N)NC(=O)[C@@H](Cc2ccccc2)NC1=O. The molecule has 4 rings (SSSR count). The highest BCUT2D eigenvalue weighted by Gasteiger charge is 2.35. The number of rotatable bonds is 20. The molecule has 20 N–H and O–H groups in total. The molecule has 424 valence electrons. The summed E-state index contributed by atoms with van der Waals surface area (Å²) in [7, 11) is 0. The van der Waals surface area contributed by atoms with Gasteiger partial charge in [-0.3, -0.25) is 58.8 Å². The smallest absolute Gasteiger partial charge is 0.243 e. The van der Waals surface area contributed by atoms with Crippen LogP contribution < -0.4 is 75.7 Å². The molecule has 0 bridgehead atoms. The first-order valence-corrected chi connectivity index (χ1v) is 25.8. The Morgan fingerprint density at radius 3 is 1.81 bits per heavy atom. The van der Waals surface area contributed by atoms with Gasteiger partial charge in [0.2, 0.25) is 59.1 Å². The number of aromatic amines is 1. The van der Waals surface area contributed by atoms with Gasteiger partial charge in [0.15, 0.2) is 11.9 Å². The number of hydrogen-bond acceptors (Lipinski definition) is 12. The van der Waals surface area contributed by atoms with Gasteiger partial charge in [-0.15, -0.1) is 0 Å². The standard InChI is InChI=1S/C51H75N17O10/c1-29(69)57-22-9-18-37-45(74)67-40(26-31-12-4-3-5-13-31)48(77)65-38(19-11-25-60-51(55)56)46(75)68-41(27-32-28-61-34-15-7-6-14-33(32)34)49(78)63-35(43(52)72)16-8-23-58-42(71)21-20-39(47(76)64-37)66-44(73)36(62-30(2)70)17-10-24-59-50(53)54/h3-7,12-15,28,35-41,61H,8-11,16-27H2,1-2H3,(H2,52,72)(H,57,69)(H,58,71)(H,62,70)(H,63,78)(H,64,76)(H,65,77)(H,66,73)(H,67,74)(H,68,75)(H4,53,54,59)(H4,55,56,60)/t35-,36-,37-,38-,39-,40+,41-/m0/s1. The first kappa shape index (κ1) is 61.8. The van der Waals surface area contributed by atoms with E-state index in [1.807, 2.05) is 18.2 Å². The largest absolute Gasteiger partial charge is 0.370 e. The number of nitrogens with one attached hydrogen (secondary N) is 14. The number of primary amides is 1. The summed E-state index contributed by atoms with van der Waals surface area (Å²) in [5.41, 5.74) is 18.7. The van der Waals surface area contributed by atoms with Gasteiger partial charge in [0, 0.05) is 76.4 Å². The van der Waals surface area contributed by atoms with Crippen molar-refractivity contribution in [1.29, 1.82) is 10.8 Å². The normalized spacial score (nSPS) is 20.6. The average Bonchev–Trinajstić information content (AvgIpc) is 3.80. The maximum atomic E-state index is 14.7. The minimum Gasteiger partial charge on any atom is -0.370 e. The van der Waals surface area contributed by atoms with Crippen molar-refractivity contribution in [2.45, 2.75) is 133 Å². The Morgan fingerprint density at radius 1 is 0.641 bits per heavy atom. The second kappa shape index (κ2) is 32.0. The third-order valence-corrected chi connectivity index (χ3v) is 12.6. The molecule has 1 saturated heterocycles. The number of amides is 10. The predicted molar refractivity (Wildman–Crippen MR) is 288 cm³/mol. The average molecular weight is 1090 g/mol. The van der Waals surface area contributed by atoms with Crippen LogP contribution in [0, 0.1) is 10.8 Å². The highest BCUT2D eigenvalue weighted by atomic mass is 16.2. The summed E-state index contributed by atoms with van der Waals surface area (Å²) in [5.74, 6) is -8.13. The van der Waals surface area contributed by atoms with Crippen LogP contribution in [0.15, 0.2) is 60.8 Å². The number of fused-ring (bicyclic) bond motifs is 1. The molecule has 0 unspecified atom stereocenters. The van der Waals surface area contributed by atoms with Crippen LogP contribution in [0.1, 0.15) is 89.2 Å². The molecule has 1 fully saturated rings. The van der Waals surface area contributed by atoms with Crippen molar-refractivity contribution in [1.82, 2.24) is 63.5 Å². The molecule has 2 heterocycles. The number of H-pyrrole nitrogens is 1. The van der Waals surface area contributed by atoms with Gasteiger partial charge < -0.3 is 80.7 Å². The van der Waals surface area contributed by atoms with Crippen molar-refractivity contribution in [3.8, 4) is 0 Å². The molecular weight excluding hydrogens is 1010 g/mol. The Bertz CT molecular complexity index is 2590. The van der Waals surface area contributed by atoms with Gasteiger partial charge in [0.05, 0.1) is 0 Å². The van der Waals surface area contributed by atoms with Gasteiger partial charge >= 0.3 is 0 Å². The lowest BCUT2D eigenvalue weighted by atomic mass is 10.0. The molecule has 1 aliphatic heterocycles. The maximum Gasteiger partial charge on any atom is 0.243 e. The molecule has 0 saturated carbocycles. The lowest BCUT2D eigenvalue weighted by Crippen LogP contribution is -2.60. The van der Waals surface area contributed by atoms with Gasteiger partial charge in [-0.2, -0.15) is 0 Å². The van der Waals surface area contributed by atoms with Gasteiger partial charge in [0.1, 0.15) is 42.3 Å². The molecule has 0 aliphatic carbocycles. The zero-order valence-electron chi connectivity index (χ0n) is 43.9. The highest BCUT2D eigenvalue weighted by Crippen LogP contribution is 2.20. The van der Waals surface area contributed by atoms with Crippen LogP contribution in [0.4, 0.5) is 0 Å². The van der Waals surface area contributed by atoms with Gasteiger partial charge in [-0.1, -0.05) is 48.5 Å². The Labute approximate surface area is 451 Å². The van der Waals surface area contributed by atoms with Gasteiger partial charge in [0.25, 0.3) is 0 Å². The van der Waals surface area contributed by atoms with Crippen molar-refractivity contribution in [3.05, 3.63) is 71.9 Å². The zero-order valence-corrected chi connectivity index (χ0v) is 43.9. The monoisotopic (exact) mass is 1090 g/mol. The van der Waals surface area contributed by atoms with Crippen LogP contribution in [0.5, 0.6) is 0 Å². The molecule has 10 amide bonds. The van der Waals surface area contributed by atoms with Crippen molar-refractivity contribution >= 4 is 81.9 Å². The fourth-order valence-corrected chi connectivity index (χ4v) is 8.56. The highest BCUT2D eigenvalue weighted by molar-refractivity contribution is 5.98. The van der Waals surface area contributed by atoms with E-state index in [9.17, 15) is 47.9 Å². The quantitative estimate of drug-likeness (QED) is 0.0305. The summed E-state index contributed by atoms with van der Waals surface area (Å²) in [6.07, 6.45) is 1.21. The fraction of sp³-hybridized carbons (Fsp3) is 0.490. The van der Waals surface area contributed by atoms with Crippen LogP contribution in [0.2, 0.25) is 0 Å². The maximum absolute atomic E-state index is 14.7. The van der Waals surface area contributed by atoms with Crippen molar-refractivity contribution in [2.24, 2.45) is 17.2 Å². The molecule has 1 aromatic heterocycles. The number of hydrogen-bond donors (Lipinski definition) is 17. The summed E-state index contributed by atoms with van der Waals surface area (Å²) in [4.78, 5) is 140. The molecule has 27 nitrogen and oxygen atoms in total. The summed E-state index contributed by atoms with van der Waals surface area (Å²) < 4.78 is 0.